The van der Waals surface area contributed by atoms with Crippen molar-refractivity contribution in [1.29, 1.82) is 0 Å². The van der Waals surface area contributed by atoms with Crippen LogP contribution >= 0.6 is 0 Å². The lowest BCUT2D eigenvalue weighted by atomic mass is 9.76. The third-order valence-corrected chi connectivity index (χ3v) is 5.39. The van der Waals surface area contributed by atoms with Gasteiger partial charge in [-0.3, -0.25) is 4.79 Å². The van der Waals surface area contributed by atoms with Crippen LogP contribution in [0.5, 0.6) is 0 Å². The summed E-state index contributed by atoms with van der Waals surface area (Å²) in [6.45, 7) is 4.83. The number of hydrogen-bond donors (Lipinski definition) is 3. The Morgan fingerprint density at radius 3 is 2.83 bits per heavy atom. The van der Waals surface area contributed by atoms with E-state index in [-0.39, 0.29) is 17.1 Å². The fourth-order valence-corrected chi connectivity index (χ4v) is 3.59. The summed E-state index contributed by atoms with van der Waals surface area (Å²) in [6.07, 6.45) is 2.45. The van der Waals surface area contributed by atoms with E-state index in [9.17, 15) is 14.7 Å². The smallest absolute Gasteiger partial charge is 0.343 e. The summed E-state index contributed by atoms with van der Waals surface area (Å²) in [5, 5.41) is 10.00. The van der Waals surface area contributed by atoms with Gasteiger partial charge in [0.15, 0.2) is 0 Å². The summed E-state index contributed by atoms with van der Waals surface area (Å²) in [6, 6.07) is 6.95. The van der Waals surface area contributed by atoms with Crippen LogP contribution in [-0.2, 0) is 0 Å². The predicted octanol–water partition coefficient (Wildman–Crippen LogP) is 2.53. The second-order valence-electron chi connectivity index (χ2n) is 6.78. The average Bonchev–Trinajstić information content (AvgIpc) is 2.57. The van der Waals surface area contributed by atoms with E-state index in [1.807, 2.05) is 11.0 Å². The third kappa shape index (κ3) is 2.47. The highest BCUT2D eigenvalue weighted by molar-refractivity contribution is 5.98. The standard InChI is InChI=1S/C18H23N3O3/c1-3-18(2)9-6-10-21(17(18)19)15-13(16(23)24)14(22)11-7-4-5-8-12(11)20-15/h4-5,7-8,17H,3,6,9-10,19H2,1-2H3,(H,20,22)(H,23,24). The third-order valence-electron chi connectivity index (χ3n) is 5.39. The van der Waals surface area contributed by atoms with Crippen LogP contribution in [0.15, 0.2) is 29.1 Å². The van der Waals surface area contributed by atoms with Crippen molar-refractivity contribution in [3.8, 4) is 0 Å². The number of nitrogens with zero attached hydrogens (tertiary/aromatic N) is 1. The summed E-state index contributed by atoms with van der Waals surface area (Å²) in [5.41, 5.74) is 6.28. The second kappa shape index (κ2) is 5.94. The number of fused-ring (bicyclic) bond motifs is 1. The van der Waals surface area contributed by atoms with Gasteiger partial charge in [-0.15, -0.1) is 0 Å². The molecule has 4 N–H and O–H groups in total. The van der Waals surface area contributed by atoms with E-state index < -0.39 is 11.4 Å². The van der Waals surface area contributed by atoms with Gasteiger partial charge in [-0.2, -0.15) is 0 Å². The first-order valence-corrected chi connectivity index (χ1v) is 8.29. The Hall–Kier alpha value is -2.34. The topological polar surface area (TPSA) is 99.4 Å². The molecule has 1 aliphatic rings. The first-order chi connectivity index (χ1) is 11.4. The molecule has 1 saturated heterocycles. The van der Waals surface area contributed by atoms with Crippen LogP contribution in [0, 0.1) is 5.41 Å². The number of H-pyrrole nitrogens is 1. The molecule has 2 aromatic rings. The molecule has 0 radical (unpaired) electrons. The predicted molar refractivity (Wildman–Crippen MR) is 94.5 cm³/mol. The van der Waals surface area contributed by atoms with Crippen molar-refractivity contribution >= 4 is 22.7 Å². The Morgan fingerprint density at radius 1 is 1.46 bits per heavy atom. The monoisotopic (exact) mass is 329 g/mol. The summed E-state index contributed by atoms with van der Waals surface area (Å²) >= 11 is 0. The van der Waals surface area contributed by atoms with Crippen LogP contribution in [-0.4, -0.2) is 28.8 Å². The minimum Gasteiger partial charge on any atom is -0.477 e. The molecule has 3 rings (SSSR count). The van der Waals surface area contributed by atoms with Crippen molar-refractivity contribution in [2.45, 2.75) is 39.3 Å². The number of rotatable bonds is 3. The van der Waals surface area contributed by atoms with Gasteiger partial charge in [0.25, 0.3) is 0 Å². The van der Waals surface area contributed by atoms with Crippen LogP contribution in [0.25, 0.3) is 10.9 Å². The van der Waals surface area contributed by atoms with Crippen LogP contribution in [0.2, 0.25) is 0 Å². The van der Waals surface area contributed by atoms with Gasteiger partial charge in [-0.05, 0) is 31.4 Å². The number of nitrogens with one attached hydrogen (secondary N) is 1. The van der Waals surface area contributed by atoms with Crippen LogP contribution in [0.4, 0.5) is 5.82 Å². The number of carboxylic acid groups (broad SMARTS) is 1. The fourth-order valence-electron chi connectivity index (χ4n) is 3.59. The summed E-state index contributed by atoms with van der Waals surface area (Å²) in [4.78, 5) is 29.5. The molecule has 0 amide bonds. The highest BCUT2D eigenvalue weighted by Crippen LogP contribution is 2.38. The molecule has 128 valence electrons. The van der Waals surface area contributed by atoms with Crippen LogP contribution < -0.4 is 16.1 Å². The number of anilines is 1. The van der Waals surface area contributed by atoms with E-state index in [2.05, 4.69) is 18.8 Å². The van der Waals surface area contributed by atoms with Crippen LogP contribution in [0.1, 0.15) is 43.5 Å². The van der Waals surface area contributed by atoms with Crippen molar-refractivity contribution < 1.29 is 9.90 Å². The maximum Gasteiger partial charge on any atom is 0.343 e. The minimum absolute atomic E-state index is 0.115. The van der Waals surface area contributed by atoms with Gasteiger partial charge < -0.3 is 20.7 Å². The van der Waals surface area contributed by atoms with E-state index >= 15 is 0 Å². The number of carboxylic acids is 1. The van der Waals surface area contributed by atoms with Gasteiger partial charge in [0.1, 0.15) is 11.4 Å². The Labute approximate surface area is 140 Å². The zero-order valence-corrected chi connectivity index (χ0v) is 14.0. The maximum atomic E-state index is 12.7. The molecule has 6 heteroatoms. The zero-order chi connectivity index (χ0) is 17.5. The number of para-hydroxylation sites is 1. The Morgan fingerprint density at radius 2 is 2.17 bits per heavy atom. The highest BCUT2D eigenvalue weighted by Gasteiger charge is 2.39. The van der Waals surface area contributed by atoms with E-state index in [0.29, 0.717) is 23.3 Å². The van der Waals surface area contributed by atoms with E-state index in [0.717, 1.165) is 19.3 Å². The number of piperidine rings is 1. The Kier molecular flexibility index (Phi) is 4.09. The molecule has 1 aliphatic heterocycles. The lowest BCUT2D eigenvalue weighted by molar-refractivity contribution is 0.0695. The number of aromatic amines is 1. The summed E-state index contributed by atoms with van der Waals surface area (Å²) in [7, 11) is 0. The number of pyridine rings is 1. The van der Waals surface area contributed by atoms with Crippen molar-refractivity contribution in [1.82, 2.24) is 4.98 Å². The largest absolute Gasteiger partial charge is 0.477 e. The molecular weight excluding hydrogens is 306 g/mol. The Bertz CT molecular complexity index is 845. The SMILES string of the molecule is CCC1(C)CCCN(c2[nH]c3ccccc3c(=O)c2C(=O)O)C1N. The molecule has 0 spiro atoms. The van der Waals surface area contributed by atoms with Crippen molar-refractivity contribution in [2.24, 2.45) is 11.1 Å². The van der Waals surface area contributed by atoms with Crippen molar-refractivity contribution in [3.63, 3.8) is 0 Å². The van der Waals surface area contributed by atoms with E-state index in [1.54, 1.807) is 18.2 Å². The quantitative estimate of drug-likeness (QED) is 0.803. The fraction of sp³-hybridized carbons (Fsp3) is 0.444. The molecular formula is C18H23N3O3. The second-order valence-corrected chi connectivity index (χ2v) is 6.78. The maximum absolute atomic E-state index is 12.7. The van der Waals surface area contributed by atoms with Gasteiger partial charge in [-0.25, -0.2) is 4.79 Å². The molecule has 0 saturated carbocycles. The molecule has 1 aromatic carbocycles. The minimum atomic E-state index is -1.23. The number of nitrogens with two attached hydrogens (primary N) is 1. The normalized spacial score (nSPS) is 24.3. The first kappa shape index (κ1) is 16.5. The number of aromatic nitrogens is 1. The molecule has 2 atom stereocenters. The number of hydrogen-bond acceptors (Lipinski definition) is 4. The molecule has 2 unspecified atom stereocenters. The van der Waals surface area contributed by atoms with E-state index in [4.69, 9.17) is 5.73 Å². The summed E-state index contributed by atoms with van der Waals surface area (Å²) < 4.78 is 0. The molecule has 1 aromatic heterocycles. The Balaban J connectivity index is 2.23. The van der Waals surface area contributed by atoms with Gasteiger partial charge in [0, 0.05) is 17.3 Å². The number of benzene rings is 1. The molecule has 2 heterocycles. The molecule has 1 fully saturated rings. The molecule has 0 aliphatic carbocycles. The zero-order valence-electron chi connectivity index (χ0n) is 14.0. The number of aromatic carboxylic acids is 1. The lowest BCUT2D eigenvalue weighted by Gasteiger charge is -2.47. The van der Waals surface area contributed by atoms with E-state index in [1.165, 1.54) is 0 Å². The molecule has 24 heavy (non-hydrogen) atoms. The van der Waals surface area contributed by atoms with Gasteiger partial charge in [0.05, 0.1) is 11.7 Å². The molecule has 6 nitrogen and oxygen atoms in total. The van der Waals surface area contributed by atoms with Gasteiger partial charge >= 0.3 is 5.97 Å². The van der Waals surface area contributed by atoms with Gasteiger partial charge in [-0.1, -0.05) is 26.0 Å². The average molecular weight is 329 g/mol. The molecule has 0 bridgehead atoms. The number of carbonyl (C=O) groups is 1. The highest BCUT2D eigenvalue weighted by atomic mass is 16.4. The lowest BCUT2D eigenvalue weighted by Crippen LogP contribution is -2.57. The van der Waals surface area contributed by atoms with Crippen molar-refractivity contribution in [3.05, 3.63) is 40.1 Å². The first-order valence-electron chi connectivity index (χ1n) is 8.29. The van der Waals surface area contributed by atoms with Crippen LogP contribution in [0.3, 0.4) is 0 Å². The van der Waals surface area contributed by atoms with Crippen molar-refractivity contribution in [2.75, 3.05) is 11.4 Å². The van der Waals surface area contributed by atoms with Gasteiger partial charge in [0.2, 0.25) is 5.43 Å². The summed E-state index contributed by atoms with van der Waals surface area (Å²) in [5.74, 6) is -0.911.